The number of alkyl halides is 3. The summed E-state index contributed by atoms with van der Waals surface area (Å²) >= 11 is 0. The molecule has 0 saturated heterocycles. The third-order valence-electron chi connectivity index (χ3n) is 5.30. The highest BCUT2D eigenvalue weighted by atomic mass is 32.2. The fourth-order valence-corrected chi connectivity index (χ4v) is 4.86. The first-order valence-electron chi connectivity index (χ1n) is 9.62. The second-order valence-corrected chi connectivity index (χ2v) is 9.16. The van der Waals surface area contributed by atoms with Gasteiger partial charge >= 0.3 is 6.18 Å². The molecular formula is C21H25F3N2O2S. The lowest BCUT2D eigenvalue weighted by atomic mass is 9.98. The van der Waals surface area contributed by atoms with E-state index < -0.39 is 27.5 Å². The molecule has 0 fully saturated rings. The van der Waals surface area contributed by atoms with E-state index in [-0.39, 0.29) is 18.2 Å². The van der Waals surface area contributed by atoms with Crippen LogP contribution in [0.4, 0.5) is 13.2 Å². The van der Waals surface area contributed by atoms with E-state index in [1.807, 2.05) is 19.1 Å². The highest BCUT2D eigenvalue weighted by Gasteiger charge is 2.31. The van der Waals surface area contributed by atoms with Crippen LogP contribution in [0.15, 0.2) is 48.5 Å². The van der Waals surface area contributed by atoms with Gasteiger partial charge in [-0.3, -0.25) is 4.90 Å². The summed E-state index contributed by atoms with van der Waals surface area (Å²) in [7, 11) is -3.75. The first-order chi connectivity index (χ1) is 13.7. The van der Waals surface area contributed by atoms with Gasteiger partial charge in [0.05, 0.1) is 11.3 Å². The zero-order valence-electron chi connectivity index (χ0n) is 16.2. The molecule has 1 atom stereocenters. The average Bonchev–Trinajstić information content (AvgIpc) is 2.67. The summed E-state index contributed by atoms with van der Waals surface area (Å²) in [6, 6.07) is 12.7. The Labute approximate surface area is 169 Å². The second-order valence-electron chi connectivity index (χ2n) is 7.36. The van der Waals surface area contributed by atoms with Gasteiger partial charge in [-0.05, 0) is 35.6 Å². The highest BCUT2D eigenvalue weighted by molar-refractivity contribution is 7.88. The van der Waals surface area contributed by atoms with Gasteiger partial charge in [0.25, 0.3) is 0 Å². The van der Waals surface area contributed by atoms with Gasteiger partial charge in [-0.1, -0.05) is 49.4 Å². The molecule has 3 rings (SSSR count). The molecule has 1 aliphatic heterocycles. The summed E-state index contributed by atoms with van der Waals surface area (Å²) < 4.78 is 66.0. The number of benzene rings is 2. The van der Waals surface area contributed by atoms with Crippen LogP contribution in [-0.2, 0) is 34.9 Å². The molecule has 158 valence electrons. The largest absolute Gasteiger partial charge is 0.416 e. The van der Waals surface area contributed by atoms with Gasteiger partial charge in [-0.15, -0.1) is 0 Å². The van der Waals surface area contributed by atoms with Crippen molar-refractivity contribution in [1.29, 1.82) is 0 Å². The standard InChI is InChI=1S/C21H25F3N2O2S/c1-2-20(26-11-10-17-7-3-4-8-18(17)14-26)13-25-29(27,28)15-16-6-5-9-19(12-16)21(22,23)24/h3-9,12,20,25H,2,10-11,13-15H2,1H3. The Morgan fingerprint density at radius 2 is 1.83 bits per heavy atom. The minimum absolute atomic E-state index is 0.0274. The van der Waals surface area contributed by atoms with Crippen molar-refractivity contribution in [1.82, 2.24) is 9.62 Å². The molecule has 1 aliphatic rings. The van der Waals surface area contributed by atoms with E-state index in [4.69, 9.17) is 0 Å². The lowest BCUT2D eigenvalue weighted by Gasteiger charge is -2.35. The van der Waals surface area contributed by atoms with Crippen molar-refractivity contribution in [2.45, 2.75) is 44.3 Å². The maximum atomic E-state index is 12.8. The number of nitrogens with zero attached hydrogens (tertiary/aromatic N) is 1. The van der Waals surface area contributed by atoms with Crippen molar-refractivity contribution in [3.63, 3.8) is 0 Å². The van der Waals surface area contributed by atoms with Crippen molar-refractivity contribution in [3.05, 3.63) is 70.8 Å². The summed E-state index contributed by atoms with van der Waals surface area (Å²) in [5, 5.41) is 0. The summed E-state index contributed by atoms with van der Waals surface area (Å²) in [5.74, 6) is -0.476. The normalized spacial score (nSPS) is 16.4. The number of nitrogens with one attached hydrogen (secondary N) is 1. The van der Waals surface area contributed by atoms with E-state index in [0.29, 0.717) is 0 Å². The minimum atomic E-state index is -4.49. The van der Waals surface area contributed by atoms with Crippen LogP contribution in [0.5, 0.6) is 0 Å². The fourth-order valence-electron chi connectivity index (χ4n) is 3.69. The molecule has 0 saturated carbocycles. The van der Waals surface area contributed by atoms with Crippen molar-refractivity contribution in [3.8, 4) is 0 Å². The lowest BCUT2D eigenvalue weighted by molar-refractivity contribution is -0.137. The molecule has 1 N–H and O–H groups in total. The van der Waals surface area contributed by atoms with E-state index in [0.717, 1.165) is 38.1 Å². The van der Waals surface area contributed by atoms with Gasteiger partial charge in [0, 0.05) is 25.7 Å². The molecule has 2 aromatic carbocycles. The van der Waals surface area contributed by atoms with Gasteiger partial charge in [0.1, 0.15) is 0 Å². The zero-order valence-corrected chi connectivity index (χ0v) is 17.1. The maximum Gasteiger partial charge on any atom is 0.416 e. The zero-order chi connectivity index (χ0) is 21.1. The van der Waals surface area contributed by atoms with E-state index in [1.54, 1.807) is 0 Å². The number of fused-ring (bicyclic) bond motifs is 1. The highest BCUT2D eigenvalue weighted by Crippen LogP contribution is 2.29. The first-order valence-corrected chi connectivity index (χ1v) is 11.3. The first kappa shape index (κ1) is 21.8. The van der Waals surface area contributed by atoms with Gasteiger partial charge in [0.15, 0.2) is 0 Å². The quantitative estimate of drug-likeness (QED) is 0.729. The smallest absolute Gasteiger partial charge is 0.295 e. The van der Waals surface area contributed by atoms with E-state index >= 15 is 0 Å². The molecule has 0 amide bonds. The number of rotatable bonds is 7. The Morgan fingerprint density at radius 3 is 2.52 bits per heavy atom. The van der Waals surface area contributed by atoms with Crippen LogP contribution in [0, 0.1) is 0 Å². The van der Waals surface area contributed by atoms with E-state index in [2.05, 4.69) is 21.8 Å². The third-order valence-corrected chi connectivity index (χ3v) is 6.62. The molecule has 1 unspecified atom stereocenters. The molecule has 0 bridgehead atoms. The molecule has 0 aliphatic carbocycles. The predicted octanol–water partition coefficient (Wildman–Crippen LogP) is 3.96. The van der Waals surface area contributed by atoms with Crippen LogP contribution in [0.25, 0.3) is 0 Å². The van der Waals surface area contributed by atoms with Gasteiger partial charge in [0.2, 0.25) is 10.0 Å². The van der Waals surface area contributed by atoms with Gasteiger partial charge in [-0.2, -0.15) is 13.2 Å². The topological polar surface area (TPSA) is 49.4 Å². The summed E-state index contributed by atoms with van der Waals surface area (Å²) in [6.45, 7) is 3.86. The molecule has 29 heavy (non-hydrogen) atoms. The van der Waals surface area contributed by atoms with Crippen molar-refractivity contribution in [2.75, 3.05) is 13.1 Å². The molecular weight excluding hydrogens is 401 g/mol. The Hall–Kier alpha value is -1.90. The van der Waals surface area contributed by atoms with Crippen molar-refractivity contribution < 1.29 is 21.6 Å². The Bertz CT molecular complexity index is 945. The minimum Gasteiger partial charge on any atom is -0.295 e. The number of halogens is 3. The second kappa shape index (κ2) is 8.85. The van der Waals surface area contributed by atoms with Crippen LogP contribution in [0.1, 0.15) is 35.6 Å². The van der Waals surface area contributed by atoms with Crippen LogP contribution in [0.3, 0.4) is 0 Å². The van der Waals surface area contributed by atoms with Gasteiger partial charge < -0.3 is 0 Å². The third kappa shape index (κ3) is 5.81. The van der Waals surface area contributed by atoms with E-state index in [1.165, 1.54) is 23.3 Å². The molecule has 0 spiro atoms. The SMILES string of the molecule is CCC(CNS(=O)(=O)Cc1cccc(C(F)(F)F)c1)N1CCc2ccccc2C1. The fraction of sp³-hybridized carbons (Fsp3) is 0.429. The number of sulfonamides is 1. The van der Waals surface area contributed by atoms with Crippen LogP contribution in [-0.4, -0.2) is 32.4 Å². The van der Waals surface area contributed by atoms with E-state index in [9.17, 15) is 21.6 Å². The molecule has 0 aromatic heterocycles. The monoisotopic (exact) mass is 426 g/mol. The summed E-state index contributed by atoms with van der Waals surface area (Å²) in [4.78, 5) is 2.26. The predicted molar refractivity (Wildman–Crippen MR) is 107 cm³/mol. The summed E-state index contributed by atoms with van der Waals surface area (Å²) in [5.41, 5.74) is 1.85. The van der Waals surface area contributed by atoms with Crippen LogP contribution in [0.2, 0.25) is 0 Å². The molecule has 8 heteroatoms. The molecule has 1 heterocycles. The molecule has 4 nitrogen and oxygen atoms in total. The van der Waals surface area contributed by atoms with Crippen LogP contribution < -0.4 is 4.72 Å². The van der Waals surface area contributed by atoms with Crippen molar-refractivity contribution in [2.24, 2.45) is 0 Å². The van der Waals surface area contributed by atoms with Crippen molar-refractivity contribution >= 4 is 10.0 Å². The summed E-state index contributed by atoms with van der Waals surface area (Å²) in [6.07, 6.45) is -2.80. The average molecular weight is 427 g/mol. The van der Waals surface area contributed by atoms with Crippen LogP contribution >= 0.6 is 0 Å². The number of hydrogen-bond acceptors (Lipinski definition) is 3. The Balaban J connectivity index is 1.62. The Morgan fingerprint density at radius 1 is 1.10 bits per heavy atom. The lowest BCUT2D eigenvalue weighted by Crippen LogP contribution is -2.45. The molecule has 0 radical (unpaired) electrons. The Kier molecular flexibility index (Phi) is 6.65. The number of hydrogen-bond donors (Lipinski definition) is 1. The maximum absolute atomic E-state index is 12.8. The van der Waals surface area contributed by atoms with Gasteiger partial charge in [-0.25, -0.2) is 13.1 Å². The molecule has 2 aromatic rings.